The van der Waals surface area contributed by atoms with Crippen molar-refractivity contribution in [3.05, 3.63) is 69.4 Å². The number of aliphatic hydroxyl groups excluding tert-OH is 1. The van der Waals surface area contributed by atoms with E-state index in [0.29, 0.717) is 11.3 Å². The van der Waals surface area contributed by atoms with Crippen LogP contribution >= 0.6 is 15.9 Å². The summed E-state index contributed by atoms with van der Waals surface area (Å²) in [6.07, 6.45) is 0. The molecule has 23 heavy (non-hydrogen) atoms. The molecule has 0 unspecified atom stereocenters. The van der Waals surface area contributed by atoms with Gasteiger partial charge in [0.15, 0.2) is 5.76 Å². The monoisotopic (exact) mass is 371 g/mol. The number of benzene rings is 2. The number of nitrogens with zero attached hydrogens (tertiary/aromatic N) is 1. The van der Waals surface area contributed by atoms with E-state index in [2.05, 4.69) is 15.9 Å². The molecule has 0 bridgehead atoms. The summed E-state index contributed by atoms with van der Waals surface area (Å²) in [5, 5.41) is 10.2. The first-order valence-electron chi connectivity index (χ1n) is 7.05. The van der Waals surface area contributed by atoms with E-state index in [1.54, 1.807) is 30.3 Å². The molecule has 0 aliphatic carbocycles. The second kappa shape index (κ2) is 5.66. The molecule has 1 N–H and O–H groups in total. The average molecular weight is 372 g/mol. The average Bonchev–Trinajstić information content (AvgIpc) is 2.70. The second-order valence-corrected chi connectivity index (χ2v) is 6.38. The van der Waals surface area contributed by atoms with Crippen LogP contribution in [-0.4, -0.2) is 16.9 Å². The van der Waals surface area contributed by atoms with Gasteiger partial charge in [0.1, 0.15) is 0 Å². The Hall–Kier alpha value is -2.40. The van der Waals surface area contributed by atoms with Crippen molar-refractivity contribution in [1.82, 2.24) is 0 Å². The Morgan fingerprint density at radius 2 is 1.74 bits per heavy atom. The van der Waals surface area contributed by atoms with Crippen LogP contribution in [0, 0.1) is 13.8 Å². The highest BCUT2D eigenvalue weighted by Gasteiger charge is 2.40. The molecular formula is C18H14BrNO3. The zero-order chi connectivity index (χ0) is 16.7. The van der Waals surface area contributed by atoms with E-state index >= 15 is 0 Å². The van der Waals surface area contributed by atoms with Gasteiger partial charge in [-0.3, -0.25) is 9.59 Å². The molecule has 2 aromatic carbocycles. The molecule has 4 nitrogen and oxygen atoms in total. The predicted octanol–water partition coefficient (Wildman–Crippen LogP) is 3.91. The molecule has 1 heterocycles. The lowest BCUT2D eigenvalue weighted by Gasteiger charge is -2.15. The first-order chi connectivity index (χ1) is 10.9. The lowest BCUT2D eigenvalue weighted by Crippen LogP contribution is -2.31. The van der Waals surface area contributed by atoms with Crippen molar-refractivity contribution in [2.75, 3.05) is 4.90 Å². The molecule has 2 aromatic rings. The Morgan fingerprint density at radius 1 is 1.00 bits per heavy atom. The fourth-order valence-corrected chi connectivity index (χ4v) is 3.09. The molecule has 1 aliphatic heterocycles. The molecule has 0 saturated heterocycles. The predicted molar refractivity (Wildman–Crippen MR) is 92.1 cm³/mol. The van der Waals surface area contributed by atoms with Crippen LogP contribution in [0.25, 0.3) is 5.57 Å². The van der Waals surface area contributed by atoms with Gasteiger partial charge in [-0.05, 0) is 43.2 Å². The molecule has 5 heteroatoms. The van der Waals surface area contributed by atoms with E-state index in [1.807, 2.05) is 26.0 Å². The molecule has 0 aromatic heterocycles. The van der Waals surface area contributed by atoms with Crippen molar-refractivity contribution in [3.63, 3.8) is 0 Å². The first kappa shape index (κ1) is 15.5. The Labute approximate surface area is 142 Å². The maximum absolute atomic E-state index is 12.7. The molecule has 0 radical (unpaired) electrons. The van der Waals surface area contributed by atoms with E-state index in [0.717, 1.165) is 20.5 Å². The molecule has 3 rings (SSSR count). The van der Waals surface area contributed by atoms with E-state index in [4.69, 9.17) is 0 Å². The minimum atomic E-state index is -0.705. The Kier molecular flexibility index (Phi) is 3.82. The van der Waals surface area contributed by atoms with Gasteiger partial charge < -0.3 is 5.11 Å². The minimum absolute atomic E-state index is 0.0486. The largest absolute Gasteiger partial charge is 0.502 e. The zero-order valence-corrected chi connectivity index (χ0v) is 14.2. The SMILES string of the molecule is Cc1ccc(C2=C(O)C(=O)N(c3cccc(Br)c3)C2=O)c(C)c1. The van der Waals surface area contributed by atoms with Crippen LogP contribution < -0.4 is 4.90 Å². The Morgan fingerprint density at radius 3 is 2.39 bits per heavy atom. The number of carbonyl (C=O) groups is 2. The molecule has 1 aliphatic rings. The first-order valence-corrected chi connectivity index (χ1v) is 7.84. The summed E-state index contributed by atoms with van der Waals surface area (Å²) in [6.45, 7) is 3.79. The smallest absolute Gasteiger partial charge is 0.301 e. The van der Waals surface area contributed by atoms with Gasteiger partial charge in [-0.1, -0.05) is 45.8 Å². The molecule has 0 fully saturated rings. The quantitative estimate of drug-likeness (QED) is 0.814. The van der Waals surface area contributed by atoms with Crippen LogP contribution in [0.15, 0.2) is 52.7 Å². The standard InChI is InChI=1S/C18H14BrNO3/c1-10-6-7-14(11(2)8-10)15-16(21)18(23)20(17(15)22)13-5-3-4-12(19)9-13/h3-9,21H,1-2H3. The summed E-state index contributed by atoms with van der Waals surface area (Å²) >= 11 is 3.32. The second-order valence-electron chi connectivity index (χ2n) is 5.47. The molecule has 116 valence electrons. The van der Waals surface area contributed by atoms with Crippen molar-refractivity contribution in [3.8, 4) is 0 Å². The van der Waals surface area contributed by atoms with Gasteiger partial charge in [0.25, 0.3) is 5.91 Å². The van der Waals surface area contributed by atoms with Crippen molar-refractivity contribution in [2.24, 2.45) is 0 Å². The number of hydrogen-bond acceptors (Lipinski definition) is 3. The molecular weight excluding hydrogens is 358 g/mol. The number of rotatable bonds is 2. The van der Waals surface area contributed by atoms with E-state index in [-0.39, 0.29) is 5.57 Å². The third-order valence-electron chi connectivity index (χ3n) is 3.78. The summed E-state index contributed by atoms with van der Waals surface area (Å²) in [5.74, 6) is -1.73. The van der Waals surface area contributed by atoms with Crippen molar-refractivity contribution < 1.29 is 14.7 Å². The fraction of sp³-hybridized carbons (Fsp3) is 0.111. The number of halogens is 1. The fourth-order valence-electron chi connectivity index (χ4n) is 2.70. The molecule has 0 atom stereocenters. The third-order valence-corrected chi connectivity index (χ3v) is 4.27. The van der Waals surface area contributed by atoms with Gasteiger partial charge in [0.2, 0.25) is 0 Å². The number of anilines is 1. The van der Waals surface area contributed by atoms with Crippen LogP contribution in [0.4, 0.5) is 5.69 Å². The highest BCUT2D eigenvalue weighted by Crippen LogP contribution is 2.34. The summed E-state index contributed by atoms with van der Waals surface area (Å²) in [4.78, 5) is 26.1. The van der Waals surface area contributed by atoms with Crippen molar-refractivity contribution >= 4 is 39.0 Å². The van der Waals surface area contributed by atoms with Gasteiger partial charge in [-0.15, -0.1) is 0 Å². The lowest BCUT2D eigenvalue weighted by molar-refractivity contribution is -0.121. The van der Waals surface area contributed by atoms with Crippen LogP contribution in [0.3, 0.4) is 0 Å². The Balaban J connectivity index is 2.10. The Bertz CT molecular complexity index is 870. The summed E-state index contributed by atoms with van der Waals surface area (Å²) in [7, 11) is 0. The van der Waals surface area contributed by atoms with E-state index in [1.165, 1.54) is 0 Å². The van der Waals surface area contributed by atoms with E-state index in [9.17, 15) is 14.7 Å². The highest BCUT2D eigenvalue weighted by molar-refractivity contribution is 9.10. The number of carbonyl (C=O) groups excluding carboxylic acids is 2. The topological polar surface area (TPSA) is 57.6 Å². The molecule has 0 saturated carbocycles. The zero-order valence-electron chi connectivity index (χ0n) is 12.6. The maximum atomic E-state index is 12.7. The van der Waals surface area contributed by atoms with Crippen molar-refractivity contribution in [2.45, 2.75) is 13.8 Å². The van der Waals surface area contributed by atoms with Gasteiger partial charge in [-0.25, -0.2) is 4.90 Å². The highest BCUT2D eigenvalue weighted by atomic mass is 79.9. The van der Waals surface area contributed by atoms with Gasteiger partial charge in [0.05, 0.1) is 11.3 Å². The number of amides is 2. The minimum Gasteiger partial charge on any atom is -0.502 e. The van der Waals surface area contributed by atoms with Crippen LogP contribution in [0.5, 0.6) is 0 Å². The molecule has 2 amide bonds. The van der Waals surface area contributed by atoms with Gasteiger partial charge >= 0.3 is 5.91 Å². The lowest BCUT2D eigenvalue weighted by atomic mass is 9.98. The normalized spacial score (nSPS) is 14.8. The summed E-state index contributed by atoms with van der Waals surface area (Å²) in [5.41, 5.74) is 2.92. The van der Waals surface area contributed by atoms with Crippen LogP contribution in [-0.2, 0) is 9.59 Å². The third kappa shape index (κ3) is 2.57. The van der Waals surface area contributed by atoms with Gasteiger partial charge in [0, 0.05) is 4.47 Å². The van der Waals surface area contributed by atoms with E-state index < -0.39 is 17.6 Å². The maximum Gasteiger partial charge on any atom is 0.301 e. The van der Waals surface area contributed by atoms with Crippen LogP contribution in [0.1, 0.15) is 16.7 Å². The number of hydrogen-bond donors (Lipinski definition) is 1. The number of aliphatic hydroxyl groups is 1. The number of imide groups is 1. The summed E-state index contributed by atoms with van der Waals surface area (Å²) in [6, 6.07) is 12.4. The molecule has 0 spiro atoms. The number of aryl methyl sites for hydroxylation is 2. The summed E-state index contributed by atoms with van der Waals surface area (Å²) < 4.78 is 0.745. The van der Waals surface area contributed by atoms with Gasteiger partial charge in [-0.2, -0.15) is 0 Å². The van der Waals surface area contributed by atoms with Crippen LogP contribution in [0.2, 0.25) is 0 Å². The van der Waals surface area contributed by atoms with Crippen molar-refractivity contribution in [1.29, 1.82) is 0 Å².